The fourth-order valence-electron chi connectivity index (χ4n) is 3.40. The lowest BCUT2D eigenvalue weighted by atomic mass is 10.1. The molecule has 4 heteroatoms. The van der Waals surface area contributed by atoms with Crippen LogP contribution in [0.15, 0.2) is 55.0 Å². The van der Waals surface area contributed by atoms with Gasteiger partial charge in [-0.2, -0.15) is 0 Å². The zero-order valence-corrected chi connectivity index (χ0v) is 14.3. The van der Waals surface area contributed by atoms with Gasteiger partial charge in [0, 0.05) is 48.5 Å². The van der Waals surface area contributed by atoms with Crippen molar-refractivity contribution < 1.29 is 4.79 Å². The van der Waals surface area contributed by atoms with Gasteiger partial charge in [0.15, 0.2) is 0 Å². The molecule has 1 aromatic carbocycles. The first-order valence-electron chi connectivity index (χ1n) is 9.04. The minimum atomic E-state index is 0.277. The molecule has 0 unspecified atom stereocenters. The second-order valence-corrected chi connectivity index (χ2v) is 6.82. The number of aryl methyl sites for hydroxylation is 1. The number of fused-ring (bicyclic) bond motifs is 1. The molecule has 1 aliphatic rings. The SMILES string of the molecule is O=C(CCCc1c[nH]c2ccccc12)N(Cc1ccncc1)C1CC1. The van der Waals surface area contributed by atoms with E-state index in [9.17, 15) is 4.79 Å². The fraction of sp³-hybridized carbons (Fsp3) is 0.333. The molecule has 0 spiro atoms. The van der Waals surface area contributed by atoms with Crippen molar-refractivity contribution in [3.05, 3.63) is 66.1 Å². The maximum absolute atomic E-state index is 12.7. The number of nitrogens with zero attached hydrogens (tertiary/aromatic N) is 2. The van der Waals surface area contributed by atoms with Gasteiger partial charge in [0.2, 0.25) is 5.91 Å². The lowest BCUT2D eigenvalue weighted by Crippen LogP contribution is -2.32. The first-order valence-corrected chi connectivity index (χ1v) is 9.04. The Morgan fingerprint density at radius 1 is 1.16 bits per heavy atom. The van der Waals surface area contributed by atoms with Gasteiger partial charge in [0.1, 0.15) is 0 Å². The van der Waals surface area contributed by atoms with Crippen molar-refractivity contribution in [3.8, 4) is 0 Å². The Labute approximate surface area is 147 Å². The largest absolute Gasteiger partial charge is 0.361 e. The number of amides is 1. The first kappa shape index (κ1) is 15.9. The molecule has 1 aliphatic carbocycles. The third-order valence-electron chi connectivity index (χ3n) is 4.92. The summed E-state index contributed by atoms with van der Waals surface area (Å²) in [7, 11) is 0. The molecule has 0 saturated heterocycles. The van der Waals surface area contributed by atoms with Crippen molar-refractivity contribution in [1.29, 1.82) is 0 Å². The maximum Gasteiger partial charge on any atom is 0.223 e. The summed E-state index contributed by atoms with van der Waals surface area (Å²) in [4.78, 5) is 22.1. The second kappa shape index (κ2) is 7.09. The first-order chi connectivity index (χ1) is 12.3. The third kappa shape index (κ3) is 3.73. The summed E-state index contributed by atoms with van der Waals surface area (Å²) in [6.45, 7) is 0.707. The third-order valence-corrected chi connectivity index (χ3v) is 4.92. The van der Waals surface area contributed by atoms with Gasteiger partial charge in [-0.05, 0) is 55.0 Å². The number of benzene rings is 1. The van der Waals surface area contributed by atoms with E-state index in [1.54, 1.807) is 12.4 Å². The van der Waals surface area contributed by atoms with E-state index in [4.69, 9.17) is 0 Å². The van der Waals surface area contributed by atoms with E-state index in [2.05, 4.69) is 39.3 Å². The average molecular weight is 333 g/mol. The molecule has 2 aromatic heterocycles. The van der Waals surface area contributed by atoms with Crippen molar-refractivity contribution in [1.82, 2.24) is 14.9 Å². The summed E-state index contributed by atoms with van der Waals surface area (Å²) >= 11 is 0. The van der Waals surface area contributed by atoms with Crippen LogP contribution in [0.3, 0.4) is 0 Å². The van der Waals surface area contributed by atoms with E-state index in [0.29, 0.717) is 19.0 Å². The number of nitrogens with one attached hydrogen (secondary N) is 1. The Morgan fingerprint density at radius 2 is 1.96 bits per heavy atom. The summed E-state index contributed by atoms with van der Waals surface area (Å²) < 4.78 is 0. The molecule has 3 aromatic rings. The van der Waals surface area contributed by atoms with Gasteiger partial charge >= 0.3 is 0 Å². The molecular formula is C21H23N3O. The molecule has 1 N–H and O–H groups in total. The van der Waals surface area contributed by atoms with Gasteiger partial charge in [-0.25, -0.2) is 0 Å². The Morgan fingerprint density at radius 3 is 2.76 bits per heavy atom. The number of carbonyl (C=O) groups is 1. The number of aromatic amines is 1. The van der Waals surface area contributed by atoms with Crippen LogP contribution in [-0.2, 0) is 17.8 Å². The van der Waals surface area contributed by atoms with Crippen molar-refractivity contribution in [2.75, 3.05) is 0 Å². The summed E-state index contributed by atoms with van der Waals surface area (Å²) in [5, 5.41) is 1.27. The van der Waals surface area contributed by atoms with Crippen LogP contribution in [0, 0.1) is 0 Å². The van der Waals surface area contributed by atoms with Crippen molar-refractivity contribution >= 4 is 16.8 Å². The van der Waals surface area contributed by atoms with Gasteiger partial charge in [-0.1, -0.05) is 18.2 Å². The van der Waals surface area contributed by atoms with Crippen molar-refractivity contribution in [3.63, 3.8) is 0 Å². The zero-order chi connectivity index (χ0) is 17.1. The molecule has 0 bridgehead atoms. The van der Waals surface area contributed by atoms with Crippen LogP contribution in [0.4, 0.5) is 0 Å². The number of aromatic nitrogens is 2. The van der Waals surface area contributed by atoms with Crippen LogP contribution in [0.2, 0.25) is 0 Å². The minimum Gasteiger partial charge on any atom is -0.361 e. The predicted octanol–water partition coefficient (Wildman–Crippen LogP) is 4.08. The van der Waals surface area contributed by atoms with E-state index in [-0.39, 0.29) is 5.91 Å². The molecule has 2 heterocycles. The number of carbonyl (C=O) groups excluding carboxylic acids is 1. The smallest absolute Gasteiger partial charge is 0.223 e. The van der Waals surface area contributed by atoms with E-state index in [1.807, 2.05) is 18.2 Å². The summed E-state index contributed by atoms with van der Waals surface area (Å²) in [5.74, 6) is 0.277. The standard InChI is InChI=1S/C21H23N3O/c25-21(24(18-8-9-18)15-16-10-12-22-13-11-16)7-3-4-17-14-23-20-6-2-1-5-19(17)20/h1-2,5-6,10-14,18,23H,3-4,7-9,15H2. The summed E-state index contributed by atoms with van der Waals surface area (Å²) in [5.41, 5.74) is 3.63. The van der Waals surface area contributed by atoms with Crippen LogP contribution < -0.4 is 0 Å². The molecule has 0 radical (unpaired) electrons. The number of hydrogen-bond acceptors (Lipinski definition) is 2. The van der Waals surface area contributed by atoms with Crippen LogP contribution >= 0.6 is 0 Å². The number of para-hydroxylation sites is 1. The fourth-order valence-corrected chi connectivity index (χ4v) is 3.40. The average Bonchev–Trinajstić information content (AvgIpc) is 3.41. The normalized spacial score (nSPS) is 13.9. The maximum atomic E-state index is 12.7. The molecule has 1 amide bonds. The molecule has 128 valence electrons. The number of rotatable bonds is 7. The summed E-state index contributed by atoms with van der Waals surface area (Å²) in [6, 6.07) is 12.8. The Balaban J connectivity index is 1.35. The van der Waals surface area contributed by atoms with Crippen LogP contribution in [0.1, 0.15) is 36.8 Å². The lowest BCUT2D eigenvalue weighted by Gasteiger charge is -2.22. The molecule has 4 nitrogen and oxygen atoms in total. The van der Waals surface area contributed by atoms with Gasteiger partial charge in [0.25, 0.3) is 0 Å². The molecule has 0 aliphatic heterocycles. The number of hydrogen-bond donors (Lipinski definition) is 1. The van der Waals surface area contributed by atoms with Gasteiger partial charge in [-0.3, -0.25) is 9.78 Å². The van der Waals surface area contributed by atoms with Crippen LogP contribution in [0.5, 0.6) is 0 Å². The van der Waals surface area contributed by atoms with Gasteiger partial charge in [0.05, 0.1) is 0 Å². The molecule has 0 atom stereocenters. The Kier molecular flexibility index (Phi) is 4.51. The number of H-pyrrole nitrogens is 1. The predicted molar refractivity (Wildman–Crippen MR) is 99.0 cm³/mol. The molecule has 25 heavy (non-hydrogen) atoms. The highest BCUT2D eigenvalue weighted by atomic mass is 16.2. The summed E-state index contributed by atoms with van der Waals surface area (Å²) in [6.07, 6.45) is 10.4. The zero-order valence-electron chi connectivity index (χ0n) is 14.3. The minimum absolute atomic E-state index is 0.277. The van der Waals surface area contributed by atoms with Gasteiger partial charge < -0.3 is 9.88 Å². The topological polar surface area (TPSA) is 49.0 Å². The quantitative estimate of drug-likeness (QED) is 0.708. The van der Waals surface area contributed by atoms with E-state index in [1.165, 1.54) is 16.5 Å². The van der Waals surface area contributed by atoms with Gasteiger partial charge in [-0.15, -0.1) is 0 Å². The van der Waals surface area contributed by atoms with Crippen molar-refractivity contribution in [2.24, 2.45) is 0 Å². The highest BCUT2D eigenvalue weighted by Gasteiger charge is 2.32. The van der Waals surface area contributed by atoms with Crippen LogP contribution in [-0.4, -0.2) is 26.8 Å². The highest BCUT2D eigenvalue weighted by molar-refractivity contribution is 5.83. The molecule has 4 rings (SSSR count). The van der Waals surface area contributed by atoms with E-state index >= 15 is 0 Å². The molecule has 1 saturated carbocycles. The van der Waals surface area contributed by atoms with Crippen molar-refractivity contribution in [2.45, 2.75) is 44.7 Å². The lowest BCUT2D eigenvalue weighted by molar-refractivity contribution is -0.132. The Hall–Kier alpha value is -2.62. The second-order valence-electron chi connectivity index (χ2n) is 6.82. The number of pyridine rings is 1. The Bertz CT molecular complexity index is 852. The van der Waals surface area contributed by atoms with Crippen LogP contribution in [0.25, 0.3) is 10.9 Å². The molecule has 1 fully saturated rings. The van der Waals surface area contributed by atoms with E-state index in [0.717, 1.165) is 31.2 Å². The highest BCUT2D eigenvalue weighted by Crippen LogP contribution is 2.29. The monoisotopic (exact) mass is 333 g/mol. The van der Waals surface area contributed by atoms with E-state index < -0.39 is 0 Å². The molecular weight excluding hydrogens is 310 g/mol.